The first kappa shape index (κ1) is 19.1. The molecular formula is C23H26N2O2S. The van der Waals surface area contributed by atoms with Gasteiger partial charge in [0.05, 0.1) is 29.3 Å². The second-order valence-corrected chi connectivity index (χ2v) is 8.69. The molecule has 5 heteroatoms. The van der Waals surface area contributed by atoms with Crippen LogP contribution >= 0.6 is 11.3 Å². The summed E-state index contributed by atoms with van der Waals surface area (Å²) in [6, 6.07) is 16.4. The molecule has 0 bridgehead atoms. The monoisotopic (exact) mass is 394 g/mol. The van der Waals surface area contributed by atoms with E-state index >= 15 is 0 Å². The van der Waals surface area contributed by atoms with Gasteiger partial charge in [0.15, 0.2) is 5.13 Å². The van der Waals surface area contributed by atoms with Crippen LogP contribution in [0.25, 0.3) is 10.2 Å². The smallest absolute Gasteiger partial charge is 0.233 e. The minimum atomic E-state index is 0.0758. The highest BCUT2D eigenvalue weighted by Gasteiger charge is 2.26. The minimum absolute atomic E-state index is 0.0758. The van der Waals surface area contributed by atoms with Crippen molar-refractivity contribution in [3.63, 3.8) is 0 Å². The van der Waals surface area contributed by atoms with E-state index in [4.69, 9.17) is 9.72 Å². The van der Waals surface area contributed by atoms with Gasteiger partial charge in [-0.3, -0.25) is 9.69 Å². The summed E-state index contributed by atoms with van der Waals surface area (Å²) in [6.45, 7) is 5.71. The van der Waals surface area contributed by atoms with E-state index < -0.39 is 0 Å². The maximum absolute atomic E-state index is 13.2. The maximum Gasteiger partial charge on any atom is 0.233 e. The molecule has 1 atom stereocenters. The number of carbonyl (C=O) groups is 1. The first-order valence-corrected chi connectivity index (χ1v) is 10.8. The lowest BCUT2D eigenvalue weighted by molar-refractivity contribution is -0.118. The Labute approximate surface area is 170 Å². The van der Waals surface area contributed by atoms with Gasteiger partial charge in [-0.1, -0.05) is 61.6 Å². The zero-order valence-electron chi connectivity index (χ0n) is 16.4. The van der Waals surface area contributed by atoms with Crippen LogP contribution in [0.3, 0.4) is 0 Å². The molecule has 4 rings (SSSR count). The Morgan fingerprint density at radius 2 is 2.00 bits per heavy atom. The zero-order chi connectivity index (χ0) is 19.5. The Hall–Kier alpha value is -2.24. The highest BCUT2D eigenvalue weighted by molar-refractivity contribution is 7.22. The molecule has 1 unspecified atom stereocenters. The molecule has 2 heterocycles. The van der Waals surface area contributed by atoms with Crippen molar-refractivity contribution in [2.24, 2.45) is 0 Å². The predicted octanol–water partition coefficient (Wildman–Crippen LogP) is 5.17. The van der Waals surface area contributed by atoms with Gasteiger partial charge in [0.25, 0.3) is 0 Å². The molecule has 1 aliphatic rings. The number of nitrogens with zero attached hydrogens (tertiary/aromatic N) is 2. The second-order valence-electron chi connectivity index (χ2n) is 7.68. The Bertz CT molecular complexity index is 910. The Morgan fingerprint density at radius 3 is 2.68 bits per heavy atom. The van der Waals surface area contributed by atoms with E-state index in [9.17, 15) is 4.79 Å². The quantitative estimate of drug-likeness (QED) is 0.579. The van der Waals surface area contributed by atoms with Crippen LogP contribution < -0.4 is 4.90 Å². The topological polar surface area (TPSA) is 42.4 Å². The van der Waals surface area contributed by atoms with Crippen LogP contribution in [0.5, 0.6) is 0 Å². The molecule has 2 aromatic carbocycles. The number of benzene rings is 2. The minimum Gasteiger partial charge on any atom is -0.376 e. The van der Waals surface area contributed by atoms with Crippen LogP contribution in [-0.4, -0.2) is 30.1 Å². The number of fused-ring (bicyclic) bond motifs is 1. The van der Waals surface area contributed by atoms with Gasteiger partial charge in [0, 0.05) is 6.61 Å². The predicted molar refractivity (Wildman–Crippen MR) is 115 cm³/mol. The number of para-hydroxylation sites is 1. The first-order chi connectivity index (χ1) is 13.6. The van der Waals surface area contributed by atoms with Crippen molar-refractivity contribution >= 4 is 32.6 Å². The molecule has 0 saturated carbocycles. The van der Waals surface area contributed by atoms with E-state index in [1.807, 2.05) is 23.1 Å². The largest absolute Gasteiger partial charge is 0.376 e. The van der Waals surface area contributed by atoms with Crippen LogP contribution in [0.4, 0.5) is 5.13 Å². The summed E-state index contributed by atoms with van der Waals surface area (Å²) in [5.41, 5.74) is 3.26. The summed E-state index contributed by atoms with van der Waals surface area (Å²) in [4.78, 5) is 19.8. The van der Waals surface area contributed by atoms with Gasteiger partial charge in [0.1, 0.15) is 0 Å². The Balaban J connectivity index is 1.57. The number of thiazole rings is 1. The van der Waals surface area contributed by atoms with Gasteiger partial charge in [0.2, 0.25) is 5.91 Å². The third-order valence-corrected chi connectivity index (χ3v) is 6.29. The number of rotatable bonds is 6. The summed E-state index contributed by atoms with van der Waals surface area (Å²) >= 11 is 1.57. The standard InChI is InChI=1S/C23H26N2O2S/c1-16(2)18-11-9-17(10-12-18)14-22(26)25(15-19-6-5-13-27-19)23-24-20-7-3-4-8-21(20)28-23/h3-4,7-12,16,19H,5-6,13-15H2,1-2H3. The SMILES string of the molecule is CC(C)c1ccc(CC(=O)N(CC2CCCO2)c2nc3ccccc3s2)cc1. The van der Waals surface area contributed by atoms with Gasteiger partial charge < -0.3 is 4.74 Å². The van der Waals surface area contributed by atoms with Crippen LogP contribution in [0, 0.1) is 0 Å². The first-order valence-electron chi connectivity index (χ1n) is 9.96. The third kappa shape index (κ3) is 4.26. The second kappa shape index (κ2) is 8.41. The molecule has 1 aromatic heterocycles. The summed E-state index contributed by atoms with van der Waals surface area (Å²) in [5.74, 6) is 0.565. The van der Waals surface area contributed by atoms with Gasteiger partial charge in [-0.25, -0.2) is 4.98 Å². The molecular weight excluding hydrogens is 368 g/mol. The van der Waals surface area contributed by atoms with Crippen molar-refractivity contribution in [3.05, 3.63) is 59.7 Å². The van der Waals surface area contributed by atoms with E-state index in [1.165, 1.54) is 5.56 Å². The zero-order valence-corrected chi connectivity index (χ0v) is 17.2. The summed E-state index contributed by atoms with van der Waals surface area (Å²) in [5, 5.41) is 0.764. The maximum atomic E-state index is 13.2. The normalized spacial score (nSPS) is 16.8. The van der Waals surface area contributed by atoms with E-state index in [-0.39, 0.29) is 12.0 Å². The molecule has 1 aliphatic heterocycles. The van der Waals surface area contributed by atoms with Crippen molar-refractivity contribution in [2.75, 3.05) is 18.1 Å². The van der Waals surface area contributed by atoms with Gasteiger partial charge in [-0.05, 0) is 42.0 Å². The summed E-state index contributed by atoms with van der Waals surface area (Å²) < 4.78 is 6.91. The highest BCUT2D eigenvalue weighted by atomic mass is 32.1. The van der Waals surface area contributed by atoms with Crippen molar-refractivity contribution in [3.8, 4) is 0 Å². The summed E-state index contributed by atoms with van der Waals surface area (Å²) in [7, 11) is 0. The molecule has 1 fully saturated rings. The van der Waals surface area contributed by atoms with Crippen molar-refractivity contribution in [1.82, 2.24) is 4.98 Å². The number of hydrogen-bond donors (Lipinski definition) is 0. The van der Waals surface area contributed by atoms with Gasteiger partial charge >= 0.3 is 0 Å². The average molecular weight is 395 g/mol. The fourth-order valence-corrected chi connectivity index (χ4v) is 4.54. The molecule has 4 nitrogen and oxygen atoms in total. The van der Waals surface area contributed by atoms with E-state index in [0.717, 1.165) is 40.4 Å². The Morgan fingerprint density at radius 1 is 1.21 bits per heavy atom. The number of carbonyl (C=O) groups excluding carboxylic acids is 1. The molecule has 3 aromatic rings. The van der Waals surface area contributed by atoms with Crippen LogP contribution in [0.1, 0.15) is 43.7 Å². The van der Waals surface area contributed by atoms with Gasteiger partial charge in [-0.2, -0.15) is 0 Å². The highest BCUT2D eigenvalue weighted by Crippen LogP contribution is 2.30. The van der Waals surface area contributed by atoms with Crippen LogP contribution in [-0.2, 0) is 16.0 Å². The van der Waals surface area contributed by atoms with Crippen molar-refractivity contribution < 1.29 is 9.53 Å². The van der Waals surface area contributed by atoms with Crippen molar-refractivity contribution in [2.45, 2.75) is 45.1 Å². The summed E-state index contributed by atoms with van der Waals surface area (Å²) in [6.07, 6.45) is 2.53. The molecule has 1 amide bonds. The fraction of sp³-hybridized carbons (Fsp3) is 0.391. The number of aromatic nitrogens is 1. The van der Waals surface area contributed by atoms with E-state index in [1.54, 1.807) is 11.3 Å². The molecule has 0 N–H and O–H groups in total. The number of amides is 1. The average Bonchev–Trinajstić information content (AvgIpc) is 3.35. The van der Waals surface area contributed by atoms with Crippen LogP contribution in [0.2, 0.25) is 0 Å². The lowest BCUT2D eigenvalue weighted by Crippen LogP contribution is -2.38. The van der Waals surface area contributed by atoms with E-state index in [0.29, 0.717) is 18.9 Å². The number of ether oxygens (including phenoxy) is 1. The molecule has 0 spiro atoms. The van der Waals surface area contributed by atoms with Gasteiger partial charge in [-0.15, -0.1) is 0 Å². The number of hydrogen-bond acceptors (Lipinski definition) is 4. The molecule has 1 saturated heterocycles. The molecule has 146 valence electrons. The molecule has 0 radical (unpaired) electrons. The lowest BCUT2D eigenvalue weighted by atomic mass is 10.0. The molecule has 28 heavy (non-hydrogen) atoms. The van der Waals surface area contributed by atoms with E-state index in [2.05, 4.69) is 44.2 Å². The third-order valence-electron chi connectivity index (χ3n) is 5.23. The van der Waals surface area contributed by atoms with Crippen molar-refractivity contribution in [1.29, 1.82) is 0 Å². The number of anilines is 1. The lowest BCUT2D eigenvalue weighted by Gasteiger charge is -2.23. The molecule has 0 aliphatic carbocycles. The van der Waals surface area contributed by atoms with Crippen LogP contribution in [0.15, 0.2) is 48.5 Å². The Kier molecular flexibility index (Phi) is 5.74. The fourth-order valence-electron chi connectivity index (χ4n) is 3.54.